The maximum absolute atomic E-state index is 12.5. The Morgan fingerprint density at radius 2 is 2.19 bits per heavy atom. The molecule has 0 spiro atoms. The Kier molecular flexibility index (Phi) is 5.62. The summed E-state index contributed by atoms with van der Waals surface area (Å²) in [6.45, 7) is 7.44. The number of hydrogen-bond acceptors (Lipinski definition) is 6. The molecular formula is C18H23N5O3. The van der Waals surface area contributed by atoms with Crippen molar-refractivity contribution in [1.29, 1.82) is 0 Å². The Morgan fingerprint density at radius 3 is 2.96 bits per heavy atom. The standard InChI is InChI=1S/C18H23N5O3/c1-12-8-13(2)20-16(9-12)22-18(24)23-6-7-25-15(10-23)11-26-17-4-5-19-14(3)21-17/h4-5,8-9,15H,6-7,10-11H2,1-3H3,(H,20,22,24). The number of aryl methyl sites for hydroxylation is 3. The molecule has 0 aromatic carbocycles. The molecule has 138 valence electrons. The minimum absolute atomic E-state index is 0.186. The van der Waals surface area contributed by atoms with Crippen molar-refractivity contribution in [1.82, 2.24) is 19.9 Å². The van der Waals surface area contributed by atoms with E-state index in [1.165, 1.54) is 0 Å². The van der Waals surface area contributed by atoms with Crippen LogP contribution in [0.4, 0.5) is 10.6 Å². The summed E-state index contributed by atoms with van der Waals surface area (Å²) in [5, 5.41) is 2.85. The Labute approximate surface area is 152 Å². The number of rotatable bonds is 4. The van der Waals surface area contributed by atoms with Gasteiger partial charge in [-0.05, 0) is 38.5 Å². The maximum Gasteiger partial charge on any atom is 0.323 e. The number of carbonyl (C=O) groups excluding carboxylic acids is 1. The molecular weight excluding hydrogens is 334 g/mol. The van der Waals surface area contributed by atoms with Crippen LogP contribution in [0.3, 0.4) is 0 Å². The van der Waals surface area contributed by atoms with E-state index < -0.39 is 0 Å². The van der Waals surface area contributed by atoms with E-state index in [-0.39, 0.29) is 12.1 Å². The normalized spacial score (nSPS) is 17.0. The van der Waals surface area contributed by atoms with E-state index in [2.05, 4.69) is 20.3 Å². The second-order valence-corrected chi connectivity index (χ2v) is 6.29. The molecule has 1 atom stereocenters. The van der Waals surface area contributed by atoms with Gasteiger partial charge >= 0.3 is 6.03 Å². The van der Waals surface area contributed by atoms with Gasteiger partial charge in [0.05, 0.1) is 13.2 Å². The van der Waals surface area contributed by atoms with Crippen molar-refractivity contribution in [2.24, 2.45) is 0 Å². The van der Waals surface area contributed by atoms with Gasteiger partial charge in [0.1, 0.15) is 24.4 Å². The van der Waals surface area contributed by atoms with Gasteiger partial charge in [-0.25, -0.2) is 14.8 Å². The van der Waals surface area contributed by atoms with Gasteiger partial charge in [0.2, 0.25) is 5.88 Å². The lowest BCUT2D eigenvalue weighted by Gasteiger charge is -2.32. The van der Waals surface area contributed by atoms with Crippen molar-refractivity contribution < 1.29 is 14.3 Å². The van der Waals surface area contributed by atoms with Crippen molar-refractivity contribution >= 4 is 11.8 Å². The van der Waals surface area contributed by atoms with E-state index >= 15 is 0 Å². The first kappa shape index (κ1) is 18.1. The van der Waals surface area contributed by atoms with Crippen molar-refractivity contribution in [2.45, 2.75) is 26.9 Å². The molecule has 1 fully saturated rings. The number of anilines is 1. The topological polar surface area (TPSA) is 89.5 Å². The predicted octanol–water partition coefficient (Wildman–Crippen LogP) is 2.11. The molecule has 2 aromatic rings. The highest BCUT2D eigenvalue weighted by molar-refractivity contribution is 5.88. The van der Waals surface area contributed by atoms with Gasteiger partial charge in [0, 0.05) is 24.5 Å². The molecule has 0 radical (unpaired) electrons. The van der Waals surface area contributed by atoms with E-state index in [0.29, 0.717) is 43.8 Å². The molecule has 0 bridgehead atoms. The molecule has 0 aliphatic carbocycles. The van der Waals surface area contributed by atoms with E-state index in [9.17, 15) is 4.79 Å². The van der Waals surface area contributed by atoms with Crippen LogP contribution in [-0.2, 0) is 4.74 Å². The van der Waals surface area contributed by atoms with Gasteiger partial charge in [0.15, 0.2) is 0 Å². The Bertz CT molecular complexity index is 763. The third-order valence-electron chi connectivity index (χ3n) is 3.93. The van der Waals surface area contributed by atoms with Crippen LogP contribution in [0.5, 0.6) is 5.88 Å². The fourth-order valence-electron chi connectivity index (χ4n) is 2.79. The third-order valence-corrected chi connectivity index (χ3v) is 3.93. The molecule has 1 unspecified atom stereocenters. The minimum Gasteiger partial charge on any atom is -0.475 e. The quantitative estimate of drug-likeness (QED) is 0.901. The number of amides is 2. The van der Waals surface area contributed by atoms with Crippen LogP contribution in [0.15, 0.2) is 24.4 Å². The highest BCUT2D eigenvalue weighted by Gasteiger charge is 2.25. The van der Waals surface area contributed by atoms with Crippen molar-refractivity contribution in [3.8, 4) is 5.88 Å². The third kappa shape index (κ3) is 4.89. The zero-order valence-corrected chi connectivity index (χ0v) is 15.2. The molecule has 0 saturated carbocycles. The SMILES string of the molecule is Cc1cc(C)nc(NC(=O)N2CCOC(COc3ccnc(C)n3)C2)c1. The van der Waals surface area contributed by atoms with Crippen molar-refractivity contribution in [2.75, 3.05) is 31.6 Å². The molecule has 26 heavy (non-hydrogen) atoms. The monoisotopic (exact) mass is 357 g/mol. The number of pyridine rings is 1. The number of hydrogen-bond donors (Lipinski definition) is 1. The average Bonchev–Trinajstić information content (AvgIpc) is 2.59. The van der Waals surface area contributed by atoms with E-state index in [0.717, 1.165) is 11.3 Å². The van der Waals surface area contributed by atoms with Gasteiger partial charge in [-0.1, -0.05) is 0 Å². The molecule has 8 nitrogen and oxygen atoms in total. The van der Waals surface area contributed by atoms with Gasteiger partial charge < -0.3 is 14.4 Å². The second kappa shape index (κ2) is 8.09. The number of nitrogens with zero attached hydrogens (tertiary/aromatic N) is 4. The summed E-state index contributed by atoms with van der Waals surface area (Å²) >= 11 is 0. The summed E-state index contributed by atoms with van der Waals surface area (Å²) in [7, 11) is 0. The first-order chi connectivity index (χ1) is 12.5. The van der Waals surface area contributed by atoms with Crippen LogP contribution in [-0.4, -0.2) is 58.3 Å². The number of carbonyl (C=O) groups is 1. The summed E-state index contributed by atoms with van der Waals surface area (Å²) < 4.78 is 11.4. The number of morpholine rings is 1. The summed E-state index contributed by atoms with van der Waals surface area (Å²) in [6.07, 6.45) is 1.44. The van der Waals surface area contributed by atoms with Gasteiger partial charge in [-0.3, -0.25) is 5.32 Å². The molecule has 3 heterocycles. The van der Waals surface area contributed by atoms with Crippen LogP contribution in [0.25, 0.3) is 0 Å². The van der Waals surface area contributed by atoms with E-state index in [1.54, 1.807) is 24.1 Å². The largest absolute Gasteiger partial charge is 0.475 e. The lowest BCUT2D eigenvalue weighted by atomic mass is 10.2. The fourth-order valence-corrected chi connectivity index (χ4v) is 2.79. The van der Waals surface area contributed by atoms with Crippen LogP contribution in [0.1, 0.15) is 17.1 Å². The molecule has 1 saturated heterocycles. The van der Waals surface area contributed by atoms with Crippen molar-refractivity contribution in [3.63, 3.8) is 0 Å². The lowest BCUT2D eigenvalue weighted by Crippen LogP contribution is -2.49. The highest BCUT2D eigenvalue weighted by atomic mass is 16.5. The van der Waals surface area contributed by atoms with Gasteiger partial charge in [-0.15, -0.1) is 0 Å². The van der Waals surface area contributed by atoms with Crippen LogP contribution >= 0.6 is 0 Å². The smallest absolute Gasteiger partial charge is 0.323 e. The molecule has 3 rings (SSSR count). The Morgan fingerprint density at radius 1 is 1.35 bits per heavy atom. The van der Waals surface area contributed by atoms with Gasteiger partial charge in [0.25, 0.3) is 0 Å². The number of nitrogens with one attached hydrogen (secondary N) is 1. The second-order valence-electron chi connectivity index (χ2n) is 6.29. The molecule has 1 aliphatic rings. The molecule has 1 N–H and O–H groups in total. The number of urea groups is 1. The molecule has 8 heteroatoms. The first-order valence-electron chi connectivity index (χ1n) is 8.55. The lowest BCUT2D eigenvalue weighted by molar-refractivity contribution is -0.0344. The Balaban J connectivity index is 1.54. The van der Waals surface area contributed by atoms with Crippen molar-refractivity contribution in [3.05, 3.63) is 41.5 Å². The zero-order chi connectivity index (χ0) is 18.5. The number of ether oxygens (including phenoxy) is 2. The summed E-state index contributed by atoms with van der Waals surface area (Å²) in [6, 6.07) is 5.33. The summed E-state index contributed by atoms with van der Waals surface area (Å²) in [4.78, 5) is 26.8. The van der Waals surface area contributed by atoms with Crippen LogP contribution in [0.2, 0.25) is 0 Å². The predicted molar refractivity (Wildman–Crippen MR) is 96.3 cm³/mol. The fraction of sp³-hybridized carbons (Fsp3) is 0.444. The minimum atomic E-state index is -0.211. The molecule has 1 aliphatic heterocycles. The van der Waals surface area contributed by atoms with Crippen LogP contribution < -0.4 is 10.1 Å². The zero-order valence-electron chi connectivity index (χ0n) is 15.2. The van der Waals surface area contributed by atoms with E-state index in [4.69, 9.17) is 9.47 Å². The summed E-state index contributed by atoms with van der Waals surface area (Å²) in [5.41, 5.74) is 1.93. The highest BCUT2D eigenvalue weighted by Crippen LogP contribution is 2.13. The maximum atomic E-state index is 12.5. The molecule has 2 aromatic heterocycles. The molecule has 2 amide bonds. The average molecular weight is 357 g/mol. The Hall–Kier alpha value is -2.74. The first-order valence-corrected chi connectivity index (χ1v) is 8.55. The van der Waals surface area contributed by atoms with Crippen LogP contribution in [0, 0.1) is 20.8 Å². The van der Waals surface area contributed by atoms with E-state index in [1.807, 2.05) is 26.0 Å². The van der Waals surface area contributed by atoms with Gasteiger partial charge in [-0.2, -0.15) is 4.98 Å². The number of aromatic nitrogens is 3. The summed E-state index contributed by atoms with van der Waals surface area (Å²) in [5.74, 6) is 1.71.